The van der Waals surface area contributed by atoms with E-state index in [0.717, 1.165) is 5.56 Å². The Morgan fingerprint density at radius 3 is 1.36 bits per heavy atom. The van der Waals surface area contributed by atoms with E-state index < -0.39 is 0 Å². The minimum atomic E-state index is 0. The fourth-order valence-electron chi connectivity index (χ4n) is 1.22. The van der Waals surface area contributed by atoms with E-state index in [0.29, 0.717) is 0 Å². The molecule has 0 aromatic heterocycles. The van der Waals surface area contributed by atoms with Gasteiger partial charge in [-0.25, -0.2) is 12.1 Å². The molecule has 0 unspecified atom stereocenters. The number of carbonyl (C=O) groups is 1. The van der Waals surface area contributed by atoms with Crippen LogP contribution < -0.4 is 0 Å². The summed E-state index contributed by atoms with van der Waals surface area (Å²) in [4.78, 5) is 10.6. The Balaban J connectivity index is -0.0000000444. The van der Waals surface area contributed by atoms with Crippen molar-refractivity contribution >= 4 is 5.78 Å². The van der Waals surface area contributed by atoms with Crippen molar-refractivity contribution in [2.75, 3.05) is 0 Å². The number of benzene rings is 1. The summed E-state index contributed by atoms with van der Waals surface area (Å²) in [5, 5.41) is 0. The van der Waals surface area contributed by atoms with Gasteiger partial charge >= 0.3 is 56.5 Å². The maximum atomic E-state index is 10.6. The Labute approximate surface area is 190 Å². The molecule has 2 aromatic rings. The van der Waals surface area contributed by atoms with Gasteiger partial charge < -0.3 is 4.79 Å². The molecule has 0 saturated carbocycles. The summed E-state index contributed by atoms with van der Waals surface area (Å²) >= 11 is 0. The number of ketones is 1. The van der Waals surface area contributed by atoms with Gasteiger partial charge in [-0.05, 0) is 13.8 Å². The third kappa shape index (κ3) is 43.9. The first kappa shape index (κ1) is 45.0. The smallest absolute Gasteiger partial charge is 0 e. The number of Topliss-reactive ketones (excluding diaryl/α,β-unsaturated/α-hetero) is 1. The molecule has 147 valence electrons. The second kappa shape index (κ2) is 49.8. The van der Waals surface area contributed by atoms with E-state index in [2.05, 4.69) is 33.3 Å². The summed E-state index contributed by atoms with van der Waals surface area (Å²) in [5.74, 6) is 0.0915. The first-order valence-corrected chi connectivity index (χ1v) is 6.29. The second-order valence-electron chi connectivity index (χ2n) is 3.63. The summed E-state index contributed by atoms with van der Waals surface area (Å²) < 4.78 is 37.5. The predicted octanol–water partition coefficient (Wildman–Crippen LogP) is 3.35. The normalized spacial score (nSPS) is 5.43. The number of carbonyl (C=O) groups excluding carboxylic acids is 1. The molecule has 0 N–H and O–H groups in total. The zero-order chi connectivity index (χ0) is 21.8. The van der Waals surface area contributed by atoms with Gasteiger partial charge in [0, 0.05) is 38.1 Å². The van der Waals surface area contributed by atoms with E-state index in [4.69, 9.17) is 23.3 Å². The van der Waals surface area contributed by atoms with Crippen LogP contribution in [-0.4, -0.2) is 5.78 Å². The molecular formula is C20H16MnO6W-2. The molecule has 2 aromatic carbocycles. The van der Waals surface area contributed by atoms with Gasteiger partial charge in [0.2, 0.25) is 0 Å². The number of aryl methyl sites for hydroxylation is 1. The Kier molecular flexibility index (Phi) is 80.1. The summed E-state index contributed by atoms with van der Waals surface area (Å²) in [7, 11) is 0. The van der Waals surface area contributed by atoms with E-state index in [9.17, 15) is 4.79 Å². The third-order valence-corrected chi connectivity index (χ3v) is 2.00. The van der Waals surface area contributed by atoms with E-state index in [1.54, 1.807) is 13.3 Å². The molecule has 1 radical (unpaired) electrons. The fraction of sp³-hybridized carbons (Fsp3) is 0.100. The van der Waals surface area contributed by atoms with Gasteiger partial charge in [0.05, 0.1) is 5.78 Å². The van der Waals surface area contributed by atoms with Crippen LogP contribution in [0, 0.1) is 46.6 Å². The van der Waals surface area contributed by atoms with Crippen molar-refractivity contribution in [1.29, 1.82) is 0 Å². The van der Waals surface area contributed by atoms with E-state index >= 15 is 0 Å². The van der Waals surface area contributed by atoms with Crippen molar-refractivity contribution in [2.24, 2.45) is 0 Å². The largest absolute Gasteiger partial charge is 0.214 e. The number of hydrogen-bond acceptors (Lipinski definition) is 1. The molecular weight excluding hydrogens is 575 g/mol. The molecule has 6 nitrogen and oxygen atoms in total. The first-order valence-electron chi connectivity index (χ1n) is 6.29. The SMILES string of the molecule is CC(=O)[CH-]c1ccc(C)cc1.[C-]#[O+].[C-]#[O+].[C-]#[O+].[C-]#[O+].[C-]#[O+].[Mn].[W].c1cc[cH-]c1. The zero-order valence-electron chi connectivity index (χ0n) is 15.0. The Morgan fingerprint density at radius 1 is 0.821 bits per heavy atom. The van der Waals surface area contributed by atoms with Gasteiger partial charge in [-0.2, -0.15) is 35.9 Å². The summed E-state index contributed by atoms with van der Waals surface area (Å²) in [6, 6.07) is 17.9. The molecule has 0 amide bonds. The molecule has 28 heavy (non-hydrogen) atoms. The molecule has 0 atom stereocenters. The molecule has 0 aliphatic heterocycles. The molecule has 8 heteroatoms. The Morgan fingerprint density at radius 2 is 1.14 bits per heavy atom. The van der Waals surface area contributed by atoms with Gasteiger partial charge in [-0.1, -0.05) is 5.56 Å². The van der Waals surface area contributed by atoms with Crippen molar-refractivity contribution in [3.05, 3.63) is 105 Å². The standard InChI is InChI=1S/C10H11O.C5H5.5CO.Mn.W/c1-8-3-5-10(6-4-8)7-9(2)11;1-2-4-5-3-1;5*1-2;;/h3-7H,1-2H3;1-5H;;;;;;;/q2*-1;;;;;;;. The molecule has 0 saturated heterocycles. The maximum absolute atomic E-state index is 10.6. The number of hydrogen-bond donors (Lipinski definition) is 0. The van der Waals surface area contributed by atoms with E-state index in [1.165, 1.54) is 5.56 Å². The molecule has 0 aliphatic carbocycles. The zero-order valence-corrected chi connectivity index (χ0v) is 19.1. The monoisotopic (exact) mass is 591 g/mol. The van der Waals surface area contributed by atoms with Gasteiger partial charge in [0.25, 0.3) is 0 Å². The number of rotatable bonds is 2. The molecule has 0 spiro atoms. The third-order valence-electron chi connectivity index (χ3n) is 2.00. The summed E-state index contributed by atoms with van der Waals surface area (Å²) in [6.07, 6.45) is 1.62. The van der Waals surface area contributed by atoms with Crippen LogP contribution in [0.15, 0.2) is 54.6 Å². The van der Waals surface area contributed by atoms with Crippen LogP contribution in [0.2, 0.25) is 0 Å². The van der Waals surface area contributed by atoms with Crippen molar-refractivity contribution < 1.29 is 66.2 Å². The van der Waals surface area contributed by atoms with Gasteiger partial charge in [-0.3, -0.25) is 0 Å². The topological polar surface area (TPSA) is 117 Å². The molecule has 0 fully saturated rings. The Bertz CT molecular complexity index is 559. The minimum absolute atomic E-state index is 0. The maximum Gasteiger partial charge on any atom is 0 e. The summed E-state index contributed by atoms with van der Waals surface area (Å²) in [5.41, 5.74) is 2.19. The average Bonchev–Trinajstić information content (AvgIpc) is 3.31. The van der Waals surface area contributed by atoms with E-state index in [1.807, 2.05) is 61.5 Å². The van der Waals surface area contributed by atoms with Gasteiger partial charge in [-0.15, -0.1) is 18.6 Å². The predicted molar refractivity (Wildman–Crippen MR) is 86.9 cm³/mol. The van der Waals surface area contributed by atoms with Crippen molar-refractivity contribution in [2.45, 2.75) is 13.8 Å². The van der Waals surface area contributed by atoms with E-state index in [-0.39, 0.29) is 43.9 Å². The van der Waals surface area contributed by atoms with Crippen LogP contribution in [0.1, 0.15) is 18.1 Å². The second-order valence-corrected chi connectivity index (χ2v) is 3.63. The quantitative estimate of drug-likeness (QED) is 0.298. The van der Waals surface area contributed by atoms with Crippen LogP contribution >= 0.6 is 0 Å². The van der Waals surface area contributed by atoms with Crippen LogP contribution in [0.25, 0.3) is 0 Å². The molecule has 0 bridgehead atoms. The van der Waals surface area contributed by atoms with Crippen LogP contribution in [0.3, 0.4) is 0 Å². The molecule has 2 rings (SSSR count). The van der Waals surface area contributed by atoms with Crippen LogP contribution in [0.4, 0.5) is 0 Å². The van der Waals surface area contributed by atoms with Crippen molar-refractivity contribution in [1.82, 2.24) is 0 Å². The fourth-order valence-corrected chi connectivity index (χ4v) is 1.22. The van der Waals surface area contributed by atoms with Gasteiger partial charge in [0.1, 0.15) is 0 Å². The molecule has 0 aliphatic rings. The first-order chi connectivity index (χ1) is 12.7. The minimum Gasteiger partial charge on any atom is -0.214 e. The van der Waals surface area contributed by atoms with Gasteiger partial charge in [0.15, 0.2) is 0 Å². The average molecular weight is 591 g/mol. The van der Waals surface area contributed by atoms with Crippen molar-refractivity contribution in [3.63, 3.8) is 0 Å². The molecule has 0 heterocycles. The summed E-state index contributed by atoms with van der Waals surface area (Å²) in [6.45, 7) is 26.1. The Hall–Kier alpha value is -1.98. The van der Waals surface area contributed by atoms with Crippen LogP contribution in [0.5, 0.6) is 0 Å². The van der Waals surface area contributed by atoms with Crippen LogP contribution in [-0.2, 0) is 66.2 Å². The van der Waals surface area contributed by atoms with Crippen molar-refractivity contribution in [3.8, 4) is 0 Å².